The molecule has 0 saturated carbocycles. The number of ether oxygens (including phenoxy) is 1. The number of likely N-dealkylation sites (N-methyl/N-ethyl adjacent to an activating group) is 1. The van der Waals surface area contributed by atoms with E-state index in [2.05, 4.69) is 10.6 Å². The third-order valence-corrected chi connectivity index (χ3v) is 4.05. The minimum atomic E-state index is -1.01. The van der Waals surface area contributed by atoms with E-state index in [0.29, 0.717) is 17.7 Å². The number of carbonyl (C=O) groups excluding carboxylic acids is 3. The molecule has 0 bridgehead atoms. The highest BCUT2D eigenvalue weighted by atomic mass is 16.5. The van der Waals surface area contributed by atoms with E-state index in [1.165, 1.54) is 4.90 Å². The first-order valence-electron chi connectivity index (χ1n) is 9.38. The summed E-state index contributed by atoms with van der Waals surface area (Å²) in [7, 11) is 3.23. The topological polar surface area (TPSA) is 87.7 Å². The van der Waals surface area contributed by atoms with E-state index in [9.17, 15) is 14.4 Å². The quantitative estimate of drug-likeness (QED) is 0.703. The minimum absolute atomic E-state index is 0.0505. The predicted molar refractivity (Wildman–Crippen MR) is 110 cm³/mol. The summed E-state index contributed by atoms with van der Waals surface area (Å²) >= 11 is 0. The first-order valence-corrected chi connectivity index (χ1v) is 9.38. The average molecular weight is 397 g/mol. The van der Waals surface area contributed by atoms with Crippen molar-refractivity contribution in [1.82, 2.24) is 15.5 Å². The van der Waals surface area contributed by atoms with E-state index >= 15 is 0 Å². The van der Waals surface area contributed by atoms with Gasteiger partial charge in [-0.2, -0.15) is 0 Å². The molecule has 0 aliphatic carbocycles. The molecule has 2 N–H and O–H groups in total. The highest BCUT2D eigenvalue weighted by Crippen LogP contribution is 2.21. The zero-order valence-corrected chi connectivity index (χ0v) is 17.1. The van der Waals surface area contributed by atoms with Gasteiger partial charge in [-0.1, -0.05) is 42.5 Å². The number of nitrogens with one attached hydrogen (secondary N) is 2. The van der Waals surface area contributed by atoms with E-state index in [-0.39, 0.29) is 18.0 Å². The van der Waals surface area contributed by atoms with Gasteiger partial charge in [-0.05, 0) is 31.5 Å². The van der Waals surface area contributed by atoms with Gasteiger partial charge in [-0.15, -0.1) is 0 Å². The zero-order chi connectivity index (χ0) is 21.4. The first kappa shape index (κ1) is 21.9. The fourth-order valence-electron chi connectivity index (χ4n) is 2.55. The third-order valence-electron chi connectivity index (χ3n) is 4.05. The maximum atomic E-state index is 12.6. The molecular formula is C22H27N3O4. The Labute approximate surface area is 171 Å². The molecule has 29 heavy (non-hydrogen) atoms. The van der Waals surface area contributed by atoms with E-state index in [1.807, 2.05) is 19.9 Å². The van der Waals surface area contributed by atoms with Gasteiger partial charge in [0.1, 0.15) is 0 Å². The summed E-state index contributed by atoms with van der Waals surface area (Å²) in [6.45, 7) is 4.09. The molecular weight excluding hydrogens is 370 g/mol. The van der Waals surface area contributed by atoms with Crippen LogP contribution in [0.4, 0.5) is 4.79 Å². The Kier molecular flexibility index (Phi) is 7.77. The van der Waals surface area contributed by atoms with Crippen molar-refractivity contribution in [1.29, 1.82) is 0 Å². The smallest absolute Gasteiger partial charge is 0.339 e. The second-order valence-corrected chi connectivity index (χ2v) is 7.11. The Bertz CT molecular complexity index is 833. The van der Waals surface area contributed by atoms with Crippen molar-refractivity contribution in [2.75, 3.05) is 14.1 Å². The number of rotatable bonds is 7. The van der Waals surface area contributed by atoms with Crippen LogP contribution in [0.1, 0.15) is 41.4 Å². The standard InChI is InChI=1S/C22H27N3O4/c1-15(2)24-22(28)23-14-16-10-12-18(13-11-16)21(27)29-19(20(26)25(3)4)17-8-6-5-7-9-17/h5-13,15,19H,14H2,1-4H3,(H2,23,24,28)/t19-/m0/s1. The summed E-state index contributed by atoms with van der Waals surface area (Å²) in [6.07, 6.45) is -1.01. The summed E-state index contributed by atoms with van der Waals surface area (Å²) in [5, 5.41) is 5.48. The normalized spacial score (nSPS) is 11.5. The van der Waals surface area contributed by atoms with Gasteiger partial charge in [-0.3, -0.25) is 4.79 Å². The van der Waals surface area contributed by atoms with Gasteiger partial charge < -0.3 is 20.3 Å². The Morgan fingerprint density at radius 1 is 0.966 bits per heavy atom. The molecule has 0 aliphatic heterocycles. The Morgan fingerprint density at radius 2 is 1.59 bits per heavy atom. The Morgan fingerprint density at radius 3 is 2.14 bits per heavy atom. The monoisotopic (exact) mass is 397 g/mol. The lowest BCUT2D eigenvalue weighted by molar-refractivity contribution is -0.138. The molecule has 2 aromatic carbocycles. The number of hydrogen-bond donors (Lipinski definition) is 2. The van der Waals surface area contributed by atoms with Crippen LogP contribution in [0, 0.1) is 0 Å². The third kappa shape index (κ3) is 6.64. The van der Waals surface area contributed by atoms with Crippen molar-refractivity contribution in [3.63, 3.8) is 0 Å². The van der Waals surface area contributed by atoms with Gasteiger partial charge in [0, 0.05) is 32.2 Å². The SMILES string of the molecule is CC(C)NC(=O)NCc1ccc(C(=O)O[C@H](C(=O)N(C)C)c2ccccc2)cc1. The maximum Gasteiger partial charge on any atom is 0.339 e. The Hall–Kier alpha value is -3.35. The van der Waals surface area contributed by atoms with Crippen LogP contribution >= 0.6 is 0 Å². The van der Waals surface area contributed by atoms with Crippen molar-refractivity contribution < 1.29 is 19.1 Å². The minimum Gasteiger partial charge on any atom is -0.444 e. The lowest BCUT2D eigenvalue weighted by Crippen LogP contribution is -2.39. The van der Waals surface area contributed by atoms with Gasteiger partial charge in [-0.25, -0.2) is 9.59 Å². The second-order valence-electron chi connectivity index (χ2n) is 7.11. The van der Waals surface area contributed by atoms with Crippen molar-refractivity contribution in [2.24, 2.45) is 0 Å². The summed E-state index contributed by atoms with van der Waals surface area (Å²) < 4.78 is 5.52. The Balaban J connectivity index is 2.04. The fraction of sp³-hybridized carbons (Fsp3) is 0.318. The van der Waals surface area contributed by atoms with Crippen molar-refractivity contribution in [2.45, 2.75) is 32.5 Å². The number of nitrogens with zero attached hydrogens (tertiary/aromatic N) is 1. The second kappa shape index (κ2) is 10.3. The van der Waals surface area contributed by atoms with Crippen molar-refractivity contribution in [3.8, 4) is 0 Å². The van der Waals surface area contributed by atoms with Crippen molar-refractivity contribution >= 4 is 17.9 Å². The van der Waals surface area contributed by atoms with Gasteiger partial charge in [0.2, 0.25) is 6.10 Å². The molecule has 0 spiro atoms. The molecule has 3 amide bonds. The average Bonchev–Trinajstić information content (AvgIpc) is 2.70. The van der Waals surface area contributed by atoms with Crippen LogP contribution in [0.15, 0.2) is 54.6 Å². The predicted octanol–water partition coefficient (Wildman–Crippen LogP) is 2.88. The lowest BCUT2D eigenvalue weighted by atomic mass is 10.1. The molecule has 2 aromatic rings. The molecule has 7 nitrogen and oxygen atoms in total. The summed E-state index contributed by atoms with van der Waals surface area (Å²) in [5.74, 6) is -0.910. The molecule has 0 aromatic heterocycles. The summed E-state index contributed by atoms with van der Waals surface area (Å²) in [5.41, 5.74) is 1.77. The molecule has 154 valence electrons. The molecule has 0 heterocycles. The van der Waals surface area contributed by atoms with Gasteiger partial charge in [0.15, 0.2) is 0 Å². The van der Waals surface area contributed by atoms with Crippen LogP contribution in [0.3, 0.4) is 0 Å². The molecule has 0 saturated heterocycles. The van der Waals surface area contributed by atoms with E-state index in [1.54, 1.807) is 62.6 Å². The molecule has 0 fully saturated rings. The van der Waals surface area contributed by atoms with Gasteiger partial charge in [0.05, 0.1) is 5.56 Å². The van der Waals surface area contributed by atoms with Crippen LogP contribution in [0.2, 0.25) is 0 Å². The molecule has 0 radical (unpaired) electrons. The van der Waals surface area contributed by atoms with Gasteiger partial charge >= 0.3 is 12.0 Å². The maximum absolute atomic E-state index is 12.6. The van der Waals surface area contributed by atoms with Crippen LogP contribution in [-0.2, 0) is 16.1 Å². The molecule has 0 aliphatic rings. The number of urea groups is 1. The van der Waals surface area contributed by atoms with Crippen LogP contribution in [-0.4, -0.2) is 42.9 Å². The number of hydrogen-bond acceptors (Lipinski definition) is 4. The summed E-state index contributed by atoms with van der Waals surface area (Å²) in [4.78, 5) is 38.1. The van der Waals surface area contributed by atoms with E-state index < -0.39 is 12.1 Å². The van der Waals surface area contributed by atoms with E-state index in [0.717, 1.165) is 5.56 Å². The zero-order valence-electron chi connectivity index (χ0n) is 17.1. The number of carbonyl (C=O) groups is 3. The number of benzene rings is 2. The highest BCUT2D eigenvalue weighted by Gasteiger charge is 2.26. The summed E-state index contributed by atoms with van der Waals surface area (Å²) in [6, 6.07) is 15.4. The molecule has 1 atom stereocenters. The van der Waals surface area contributed by atoms with E-state index in [4.69, 9.17) is 4.74 Å². The van der Waals surface area contributed by atoms with Gasteiger partial charge in [0.25, 0.3) is 5.91 Å². The molecule has 0 unspecified atom stereocenters. The molecule has 7 heteroatoms. The first-order chi connectivity index (χ1) is 13.8. The lowest BCUT2D eigenvalue weighted by Gasteiger charge is -2.21. The molecule has 2 rings (SSSR count). The van der Waals surface area contributed by atoms with Crippen LogP contribution in [0.5, 0.6) is 0 Å². The highest BCUT2D eigenvalue weighted by molar-refractivity contribution is 5.92. The van der Waals surface area contributed by atoms with Crippen LogP contribution < -0.4 is 10.6 Å². The van der Waals surface area contributed by atoms with Crippen LogP contribution in [0.25, 0.3) is 0 Å². The largest absolute Gasteiger partial charge is 0.444 e. The number of amides is 3. The fourth-order valence-corrected chi connectivity index (χ4v) is 2.55. The van der Waals surface area contributed by atoms with Crippen molar-refractivity contribution in [3.05, 3.63) is 71.3 Å². The number of esters is 1.